The molecule has 0 aromatic carbocycles. The van der Waals surface area contributed by atoms with E-state index in [4.69, 9.17) is 0 Å². The summed E-state index contributed by atoms with van der Waals surface area (Å²) in [6.07, 6.45) is -2.75. The first-order valence-corrected chi connectivity index (χ1v) is 6.84. The number of aliphatic imine (C=N–C) groups is 1. The van der Waals surface area contributed by atoms with Gasteiger partial charge in [0.1, 0.15) is 0 Å². The van der Waals surface area contributed by atoms with Crippen LogP contribution in [0, 0.1) is 0 Å². The van der Waals surface area contributed by atoms with Crippen molar-refractivity contribution in [3.05, 3.63) is 0 Å². The van der Waals surface area contributed by atoms with Crippen LogP contribution in [0.3, 0.4) is 0 Å². The third-order valence-electron chi connectivity index (χ3n) is 2.07. The molecule has 2 nitrogen and oxygen atoms in total. The van der Waals surface area contributed by atoms with Gasteiger partial charge in [0.2, 0.25) is 0 Å². The second-order valence-electron chi connectivity index (χ2n) is 4.01. The van der Waals surface area contributed by atoms with Crippen molar-refractivity contribution in [3.8, 4) is 0 Å². The van der Waals surface area contributed by atoms with Crippen molar-refractivity contribution in [2.45, 2.75) is 58.8 Å². The predicted octanol–water partition coefficient (Wildman–Crippen LogP) is 2.93. The summed E-state index contributed by atoms with van der Waals surface area (Å²) in [5, 5.41) is 0. The van der Waals surface area contributed by atoms with Crippen molar-refractivity contribution in [1.82, 2.24) is 2.89 Å². The Hall–Kier alpha value is 0.130. The summed E-state index contributed by atoms with van der Waals surface area (Å²) in [6.45, 7) is 6.89. The fourth-order valence-electron chi connectivity index (χ4n) is 1.16. The Kier molecular flexibility index (Phi) is 6.82. The summed E-state index contributed by atoms with van der Waals surface area (Å²) < 4.78 is 39.0. The van der Waals surface area contributed by atoms with Crippen LogP contribution < -0.4 is 0 Å². The number of hydrogen-bond donors (Lipinski definition) is 0. The molecule has 6 heteroatoms. The maximum atomic E-state index is 12.6. The molecule has 0 saturated heterocycles. The Morgan fingerprint density at radius 1 is 1.31 bits per heavy atom. The van der Waals surface area contributed by atoms with Crippen LogP contribution in [0.25, 0.3) is 0 Å². The van der Waals surface area contributed by atoms with Crippen molar-refractivity contribution in [3.63, 3.8) is 0 Å². The zero-order valence-corrected chi connectivity index (χ0v) is 13.5. The van der Waals surface area contributed by atoms with E-state index in [-0.39, 0.29) is 6.04 Å². The van der Waals surface area contributed by atoms with E-state index in [1.165, 1.54) is 9.81 Å². The second kappa shape index (κ2) is 6.77. The SMILES string of the molecule is CCCC(=NC(C)C)[N]([In])C(C)C(F)(F)F. The number of hydrogen-bond acceptors (Lipinski definition) is 1. The van der Waals surface area contributed by atoms with Gasteiger partial charge in [-0.05, 0) is 0 Å². The number of halogens is 3. The number of rotatable bonds is 4. The fraction of sp³-hybridized carbons (Fsp3) is 0.900. The monoisotopic (exact) mass is 338 g/mol. The van der Waals surface area contributed by atoms with Crippen LogP contribution in [-0.4, -0.2) is 51.6 Å². The average Bonchev–Trinajstić information content (AvgIpc) is 2.12. The van der Waals surface area contributed by atoms with Crippen molar-refractivity contribution >= 4 is 30.5 Å². The van der Waals surface area contributed by atoms with Crippen molar-refractivity contribution in [2.75, 3.05) is 0 Å². The molecule has 1 unspecified atom stereocenters. The number of amidine groups is 1. The molecule has 0 spiro atoms. The molecule has 0 aliphatic carbocycles. The summed E-state index contributed by atoms with van der Waals surface area (Å²) in [5.41, 5.74) is 0. The first-order chi connectivity index (χ1) is 7.20. The van der Waals surface area contributed by atoms with Crippen LogP contribution in [0.1, 0.15) is 40.5 Å². The molecule has 0 fully saturated rings. The summed E-state index contributed by atoms with van der Waals surface area (Å²) >= 11 is 0.411. The van der Waals surface area contributed by atoms with E-state index in [2.05, 4.69) is 4.99 Å². The summed E-state index contributed by atoms with van der Waals surface area (Å²) in [6, 6.07) is -1.39. The molecule has 16 heavy (non-hydrogen) atoms. The van der Waals surface area contributed by atoms with Gasteiger partial charge in [0.05, 0.1) is 0 Å². The van der Waals surface area contributed by atoms with Gasteiger partial charge in [0, 0.05) is 0 Å². The van der Waals surface area contributed by atoms with E-state index < -0.39 is 12.2 Å². The van der Waals surface area contributed by atoms with Gasteiger partial charge in [-0.15, -0.1) is 0 Å². The van der Waals surface area contributed by atoms with Gasteiger partial charge in [0.25, 0.3) is 0 Å². The van der Waals surface area contributed by atoms with Crippen molar-refractivity contribution in [1.29, 1.82) is 0 Å². The van der Waals surface area contributed by atoms with E-state index in [0.717, 1.165) is 6.42 Å². The maximum absolute atomic E-state index is 12.6. The Bertz CT molecular complexity index is 239. The molecule has 0 aliphatic rings. The van der Waals surface area contributed by atoms with Gasteiger partial charge >= 0.3 is 110 Å². The molecule has 0 heterocycles. The number of alkyl halides is 3. The zero-order valence-electron chi connectivity index (χ0n) is 10.2. The summed E-state index contributed by atoms with van der Waals surface area (Å²) in [4.78, 5) is 4.28. The standard InChI is InChI=1S/C10H18F3N2.In/c1-5-6-9(14-7(2)3)15-8(4)10(11,12)13;/h7-8H,5-6H2,1-4H3;/q-1;+1. The van der Waals surface area contributed by atoms with Gasteiger partial charge in [-0.1, -0.05) is 0 Å². The van der Waals surface area contributed by atoms with Crippen molar-refractivity contribution < 1.29 is 13.2 Å². The Morgan fingerprint density at radius 2 is 1.81 bits per heavy atom. The summed E-state index contributed by atoms with van der Waals surface area (Å²) in [7, 11) is 0. The molecule has 0 N–H and O–H groups in total. The molecule has 0 bridgehead atoms. The molecule has 2 radical (unpaired) electrons. The van der Waals surface area contributed by atoms with Gasteiger partial charge in [-0.2, -0.15) is 0 Å². The van der Waals surface area contributed by atoms with Gasteiger partial charge in [-0.25, -0.2) is 0 Å². The van der Waals surface area contributed by atoms with E-state index in [0.29, 0.717) is 36.9 Å². The van der Waals surface area contributed by atoms with Gasteiger partial charge in [-0.3, -0.25) is 0 Å². The molecule has 0 aliphatic heterocycles. The topological polar surface area (TPSA) is 15.6 Å². The van der Waals surface area contributed by atoms with Crippen LogP contribution in [-0.2, 0) is 0 Å². The van der Waals surface area contributed by atoms with Crippen LogP contribution in [0.4, 0.5) is 13.2 Å². The van der Waals surface area contributed by atoms with Crippen LogP contribution >= 0.6 is 0 Å². The third kappa shape index (κ3) is 5.46. The molecular weight excluding hydrogens is 320 g/mol. The molecule has 0 amide bonds. The van der Waals surface area contributed by atoms with E-state index in [1.54, 1.807) is 0 Å². The summed E-state index contributed by atoms with van der Waals surface area (Å²) in [5.74, 6) is 0.588. The first-order valence-electron chi connectivity index (χ1n) is 5.37. The van der Waals surface area contributed by atoms with Crippen molar-refractivity contribution in [2.24, 2.45) is 4.99 Å². The van der Waals surface area contributed by atoms with E-state index in [9.17, 15) is 13.2 Å². The minimum atomic E-state index is -4.18. The quantitative estimate of drug-likeness (QED) is 0.569. The van der Waals surface area contributed by atoms with E-state index in [1.807, 2.05) is 20.8 Å². The normalized spacial score (nSPS) is 15.4. The second-order valence-corrected chi connectivity index (χ2v) is 5.60. The Labute approximate surface area is 110 Å². The Morgan fingerprint density at radius 3 is 2.12 bits per heavy atom. The van der Waals surface area contributed by atoms with E-state index >= 15 is 0 Å². The zero-order chi connectivity index (χ0) is 12.9. The first kappa shape index (κ1) is 16.1. The predicted molar refractivity (Wildman–Crippen MR) is 60.6 cm³/mol. The van der Waals surface area contributed by atoms with Crippen LogP contribution in [0.2, 0.25) is 0 Å². The molecule has 92 valence electrons. The van der Waals surface area contributed by atoms with Gasteiger partial charge in [0.15, 0.2) is 0 Å². The average molecular weight is 338 g/mol. The van der Waals surface area contributed by atoms with Crippen LogP contribution in [0.15, 0.2) is 4.99 Å². The minimum absolute atomic E-state index is 0.0388. The van der Waals surface area contributed by atoms with Crippen LogP contribution in [0.5, 0.6) is 0 Å². The third-order valence-corrected chi connectivity index (χ3v) is 4.20. The molecule has 0 aromatic heterocycles. The van der Waals surface area contributed by atoms with Gasteiger partial charge < -0.3 is 0 Å². The fourth-order valence-corrected chi connectivity index (χ4v) is 2.20. The molecule has 0 rings (SSSR count). The Balaban J connectivity index is 4.81. The molecule has 1 atom stereocenters. The number of nitrogens with zero attached hydrogens (tertiary/aromatic N) is 2. The molecule has 0 saturated carbocycles. The molecule has 0 aromatic rings. The molecular formula is C10H18F3InN2.